The topological polar surface area (TPSA) is 87.9 Å². The van der Waals surface area contributed by atoms with Gasteiger partial charge in [0, 0.05) is 19.2 Å². The smallest absolute Gasteiger partial charge is 0.273 e. The van der Waals surface area contributed by atoms with Crippen LogP contribution in [0.1, 0.15) is 24.0 Å². The maximum absolute atomic E-state index is 12.0. The highest BCUT2D eigenvalue weighted by molar-refractivity contribution is 7.80. The first-order valence-electron chi connectivity index (χ1n) is 11.1. The van der Waals surface area contributed by atoms with Crippen LogP contribution in [0.25, 0.3) is 0 Å². The molecule has 4 rings (SSSR count). The average Bonchev–Trinajstić information content (AvgIpc) is 2.89. The Kier molecular flexibility index (Phi) is 7.09. The fourth-order valence-corrected chi connectivity index (χ4v) is 4.91. The standard InChI is InChI=1S/C26H27N3O4S/c1-33-24-18-22(29(31)32)12-13-23(24)27-25(34)28-16-14-21(15-17-28)26(30,19-8-4-2-5-9-19)20-10-6-3-7-11-20/h2-13,18,21,30H,14-17H2,1H3,(H,27,34). The maximum atomic E-state index is 12.0. The van der Waals surface area contributed by atoms with Gasteiger partial charge in [0.1, 0.15) is 11.4 Å². The first-order valence-corrected chi connectivity index (χ1v) is 11.6. The summed E-state index contributed by atoms with van der Waals surface area (Å²) >= 11 is 5.63. The first kappa shape index (κ1) is 23.7. The van der Waals surface area contributed by atoms with Gasteiger partial charge in [-0.05, 0) is 48.2 Å². The van der Waals surface area contributed by atoms with E-state index in [0.29, 0.717) is 29.6 Å². The molecule has 0 amide bonds. The molecule has 0 bridgehead atoms. The second-order valence-electron chi connectivity index (χ2n) is 8.33. The largest absolute Gasteiger partial charge is 0.494 e. The fourth-order valence-electron chi connectivity index (χ4n) is 4.61. The van der Waals surface area contributed by atoms with Gasteiger partial charge in [-0.25, -0.2) is 0 Å². The third kappa shape index (κ3) is 4.73. The van der Waals surface area contributed by atoms with Crippen LogP contribution in [0.5, 0.6) is 5.75 Å². The molecule has 1 aliphatic heterocycles. The number of nitrogens with one attached hydrogen (secondary N) is 1. The number of thiocarbonyl (C=S) groups is 1. The Labute approximate surface area is 204 Å². The number of likely N-dealkylation sites (tertiary alicyclic amines) is 1. The van der Waals surface area contributed by atoms with Crippen LogP contribution in [0.2, 0.25) is 0 Å². The van der Waals surface area contributed by atoms with Crippen LogP contribution in [0.15, 0.2) is 78.9 Å². The second kappa shape index (κ2) is 10.2. The van der Waals surface area contributed by atoms with Gasteiger partial charge in [-0.2, -0.15) is 0 Å². The number of anilines is 1. The highest BCUT2D eigenvalue weighted by Gasteiger charge is 2.41. The van der Waals surface area contributed by atoms with E-state index in [1.165, 1.54) is 19.2 Å². The lowest BCUT2D eigenvalue weighted by molar-refractivity contribution is -0.384. The molecule has 8 heteroatoms. The summed E-state index contributed by atoms with van der Waals surface area (Å²) in [4.78, 5) is 12.6. The monoisotopic (exact) mass is 477 g/mol. The molecule has 0 atom stereocenters. The lowest BCUT2D eigenvalue weighted by atomic mass is 9.72. The number of ether oxygens (including phenoxy) is 1. The Balaban J connectivity index is 1.49. The number of methoxy groups -OCH3 is 1. The zero-order valence-electron chi connectivity index (χ0n) is 18.9. The Morgan fingerprint density at radius 3 is 2.12 bits per heavy atom. The number of piperidine rings is 1. The van der Waals surface area contributed by atoms with Gasteiger partial charge in [-0.3, -0.25) is 10.1 Å². The molecular weight excluding hydrogens is 450 g/mol. The maximum Gasteiger partial charge on any atom is 0.273 e. The Hall–Kier alpha value is -3.49. The lowest BCUT2D eigenvalue weighted by Gasteiger charge is -2.43. The normalized spacial score (nSPS) is 14.5. The summed E-state index contributed by atoms with van der Waals surface area (Å²) in [5, 5.41) is 26.8. The Morgan fingerprint density at radius 2 is 1.62 bits per heavy atom. The van der Waals surface area contributed by atoms with Crippen molar-refractivity contribution in [1.82, 2.24) is 4.90 Å². The van der Waals surface area contributed by atoms with Crippen molar-refractivity contribution in [3.8, 4) is 5.75 Å². The molecule has 0 saturated carbocycles. The molecule has 1 aliphatic rings. The molecule has 0 aliphatic carbocycles. The average molecular weight is 478 g/mol. The summed E-state index contributed by atoms with van der Waals surface area (Å²) in [5.41, 5.74) is 1.21. The van der Waals surface area contributed by atoms with Crippen molar-refractivity contribution in [2.75, 3.05) is 25.5 Å². The van der Waals surface area contributed by atoms with Gasteiger partial charge in [0.2, 0.25) is 0 Å². The third-order valence-corrected chi connectivity index (χ3v) is 6.80. The number of hydrogen-bond acceptors (Lipinski definition) is 5. The van der Waals surface area contributed by atoms with Gasteiger partial charge in [0.25, 0.3) is 5.69 Å². The molecule has 0 spiro atoms. The molecule has 3 aromatic carbocycles. The molecule has 1 saturated heterocycles. The van der Waals surface area contributed by atoms with Crippen molar-refractivity contribution < 1.29 is 14.8 Å². The number of benzene rings is 3. The van der Waals surface area contributed by atoms with Gasteiger partial charge in [0.05, 0.1) is 23.8 Å². The van der Waals surface area contributed by atoms with Gasteiger partial charge < -0.3 is 20.1 Å². The molecule has 1 heterocycles. The minimum atomic E-state index is -1.09. The fraction of sp³-hybridized carbons (Fsp3) is 0.269. The molecule has 3 aromatic rings. The van der Waals surface area contributed by atoms with Crippen LogP contribution in [0.4, 0.5) is 11.4 Å². The zero-order chi connectivity index (χ0) is 24.1. The molecule has 176 valence electrons. The minimum Gasteiger partial charge on any atom is -0.494 e. The second-order valence-corrected chi connectivity index (χ2v) is 8.72. The van der Waals surface area contributed by atoms with Crippen molar-refractivity contribution in [2.45, 2.75) is 18.4 Å². The Bertz CT molecular complexity index is 1110. The van der Waals surface area contributed by atoms with Crippen molar-refractivity contribution >= 4 is 28.7 Å². The number of nitro benzene ring substituents is 1. The minimum absolute atomic E-state index is 0.0188. The van der Waals surface area contributed by atoms with Crippen molar-refractivity contribution in [2.24, 2.45) is 5.92 Å². The summed E-state index contributed by atoms with van der Waals surface area (Å²) < 4.78 is 5.31. The molecule has 34 heavy (non-hydrogen) atoms. The molecule has 0 aromatic heterocycles. The van der Waals surface area contributed by atoms with E-state index in [1.807, 2.05) is 60.7 Å². The summed E-state index contributed by atoms with van der Waals surface area (Å²) in [7, 11) is 1.47. The third-order valence-electron chi connectivity index (χ3n) is 6.44. The number of nitro groups is 1. The zero-order valence-corrected chi connectivity index (χ0v) is 19.7. The number of hydrogen-bond donors (Lipinski definition) is 2. The summed E-state index contributed by atoms with van der Waals surface area (Å²) in [6.07, 6.45) is 1.50. The number of non-ortho nitro benzene ring substituents is 1. The first-order chi connectivity index (χ1) is 16.4. The van der Waals surface area contributed by atoms with Crippen molar-refractivity contribution in [1.29, 1.82) is 0 Å². The number of nitrogens with zero attached hydrogens (tertiary/aromatic N) is 2. The lowest BCUT2D eigenvalue weighted by Crippen LogP contribution is -2.47. The van der Waals surface area contributed by atoms with Gasteiger partial charge in [-0.1, -0.05) is 60.7 Å². The predicted molar refractivity (Wildman–Crippen MR) is 136 cm³/mol. The van der Waals surface area contributed by atoms with Crippen LogP contribution in [-0.4, -0.2) is 40.2 Å². The SMILES string of the molecule is COc1cc([N+](=O)[O-])ccc1NC(=S)N1CCC(C(O)(c2ccccc2)c2ccccc2)CC1. The van der Waals surface area contributed by atoms with Crippen LogP contribution in [0.3, 0.4) is 0 Å². The summed E-state index contributed by atoms with van der Waals surface area (Å²) in [5.74, 6) is 0.374. The van der Waals surface area contributed by atoms with Gasteiger partial charge in [-0.15, -0.1) is 0 Å². The van der Waals surface area contributed by atoms with Crippen LogP contribution in [0, 0.1) is 16.0 Å². The van der Waals surface area contributed by atoms with E-state index in [4.69, 9.17) is 17.0 Å². The molecule has 0 unspecified atom stereocenters. The molecule has 0 radical (unpaired) electrons. The van der Waals surface area contributed by atoms with E-state index in [9.17, 15) is 15.2 Å². The van der Waals surface area contributed by atoms with E-state index in [2.05, 4.69) is 10.2 Å². The van der Waals surface area contributed by atoms with E-state index >= 15 is 0 Å². The van der Waals surface area contributed by atoms with E-state index in [-0.39, 0.29) is 11.6 Å². The van der Waals surface area contributed by atoms with E-state index < -0.39 is 10.5 Å². The number of rotatable bonds is 6. The summed E-state index contributed by atoms with van der Waals surface area (Å²) in [6, 6.07) is 24.0. The predicted octanol–water partition coefficient (Wildman–Crippen LogP) is 4.95. The van der Waals surface area contributed by atoms with Gasteiger partial charge >= 0.3 is 0 Å². The molecule has 7 nitrogen and oxygen atoms in total. The molecule has 2 N–H and O–H groups in total. The molecular formula is C26H27N3O4S. The quantitative estimate of drug-likeness (QED) is 0.295. The van der Waals surface area contributed by atoms with Crippen LogP contribution < -0.4 is 10.1 Å². The Morgan fingerprint density at radius 1 is 1.06 bits per heavy atom. The van der Waals surface area contributed by atoms with Crippen LogP contribution in [-0.2, 0) is 5.60 Å². The van der Waals surface area contributed by atoms with Crippen molar-refractivity contribution in [3.63, 3.8) is 0 Å². The molecule has 1 fully saturated rings. The highest BCUT2D eigenvalue weighted by Crippen LogP contribution is 2.42. The highest BCUT2D eigenvalue weighted by atomic mass is 32.1. The number of aliphatic hydroxyl groups is 1. The summed E-state index contributed by atoms with van der Waals surface area (Å²) in [6.45, 7) is 1.35. The van der Waals surface area contributed by atoms with Crippen LogP contribution >= 0.6 is 12.2 Å². The van der Waals surface area contributed by atoms with Crippen molar-refractivity contribution in [3.05, 3.63) is 100 Å². The van der Waals surface area contributed by atoms with E-state index in [0.717, 1.165) is 24.0 Å². The van der Waals surface area contributed by atoms with E-state index in [1.54, 1.807) is 6.07 Å². The van der Waals surface area contributed by atoms with Gasteiger partial charge in [0.15, 0.2) is 5.11 Å².